The van der Waals surface area contributed by atoms with Gasteiger partial charge in [-0.3, -0.25) is 4.79 Å². The van der Waals surface area contributed by atoms with Gasteiger partial charge in [-0.05, 0) is 24.1 Å². The van der Waals surface area contributed by atoms with Crippen LogP contribution >= 0.6 is 15.9 Å². The summed E-state index contributed by atoms with van der Waals surface area (Å²) in [4.78, 5) is 10.3. The van der Waals surface area contributed by atoms with Crippen molar-refractivity contribution >= 4 is 21.8 Å². The maximum atomic E-state index is 12.5. The van der Waals surface area contributed by atoms with Crippen molar-refractivity contribution in [2.24, 2.45) is 5.73 Å². The lowest BCUT2D eigenvalue weighted by atomic mass is 10.1. The Morgan fingerprint density at radius 1 is 1.46 bits per heavy atom. The molecule has 0 fully saturated rings. The predicted octanol–water partition coefficient (Wildman–Crippen LogP) is 1.62. The highest BCUT2D eigenvalue weighted by atomic mass is 79.9. The standard InChI is InChI=1S/C9H9BrFNO/c10-8(9(12)13)5-6-1-3-7(11)4-2-6/h1-4,8H,5H2,(H2,12,13)/t8-/m1/s1. The molecular formula is C9H9BrFNO. The molecule has 0 radical (unpaired) electrons. The average Bonchev–Trinajstić information content (AvgIpc) is 2.08. The number of benzene rings is 1. The van der Waals surface area contributed by atoms with Crippen LogP contribution in [0.1, 0.15) is 5.56 Å². The Balaban J connectivity index is 2.64. The van der Waals surface area contributed by atoms with Crippen LogP contribution in [0.5, 0.6) is 0 Å². The highest BCUT2D eigenvalue weighted by Gasteiger charge is 2.10. The summed E-state index contributed by atoms with van der Waals surface area (Å²) >= 11 is 3.13. The van der Waals surface area contributed by atoms with Gasteiger partial charge in [0.2, 0.25) is 5.91 Å². The van der Waals surface area contributed by atoms with Crippen molar-refractivity contribution in [2.75, 3.05) is 0 Å². The third-order valence-corrected chi connectivity index (χ3v) is 2.41. The van der Waals surface area contributed by atoms with E-state index in [2.05, 4.69) is 15.9 Å². The minimum atomic E-state index is -0.413. The molecule has 13 heavy (non-hydrogen) atoms. The van der Waals surface area contributed by atoms with Gasteiger partial charge >= 0.3 is 0 Å². The van der Waals surface area contributed by atoms with Crippen LogP contribution in [0.2, 0.25) is 0 Å². The van der Waals surface area contributed by atoms with E-state index in [0.29, 0.717) is 6.42 Å². The molecule has 70 valence electrons. The normalized spacial score (nSPS) is 12.5. The van der Waals surface area contributed by atoms with Gasteiger partial charge in [0.15, 0.2) is 0 Å². The van der Waals surface area contributed by atoms with Crippen LogP contribution in [0.3, 0.4) is 0 Å². The first-order chi connectivity index (χ1) is 6.09. The van der Waals surface area contributed by atoms with Crippen molar-refractivity contribution in [2.45, 2.75) is 11.2 Å². The second kappa shape index (κ2) is 4.37. The van der Waals surface area contributed by atoms with Gasteiger partial charge in [-0.25, -0.2) is 4.39 Å². The second-order valence-corrected chi connectivity index (χ2v) is 3.81. The first-order valence-electron chi connectivity index (χ1n) is 3.77. The molecular weight excluding hydrogens is 237 g/mol. The maximum Gasteiger partial charge on any atom is 0.231 e. The quantitative estimate of drug-likeness (QED) is 0.809. The molecule has 1 amide bonds. The van der Waals surface area contributed by atoms with Crippen molar-refractivity contribution in [3.63, 3.8) is 0 Å². The first kappa shape index (κ1) is 10.2. The molecule has 0 saturated carbocycles. The summed E-state index contributed by atoms with van der Waals surface area (Å²) in [5.74, 6) is -0.696. The minimum absolute atomic E-state index is 0.283. The molecule has 0 aliphatic carbocycles. The Hall–Kier alpha value is -0.900. The lowest BCUT2D eigenvalue weighted by Crippen LogP contribution is -2.24. The number of halogens is 2. The van der Waals surface area contributed by atoms with Crippen LogP contribution in [-0.2, 0) is 11.2 Å². The second-order valence-electron chi connectivity index (χ2n) is 2.70. The van der Waals surface area contributed by atoms with Crippen LogP contribution in [0, 0.1) is 5.82 Å². The van der Waals surface area contributed by atoms with E-state index >= 15 is 0 Å². The maximum absolute atomic E-state index is 12.5. The number of nitrogens with two attached hydrogens (primary N) is 1. The molecule has 0 saturated heterocycles. The van der Waals surface area contributed by atoms with Crippen molar-refractivity contribution in [3.8, 4) is 0 Å². The van der Waals surface area contributed by atoms with Crippen LogP contribution in [0.25, 0.3) is 0 Å². The summed E-state index contributed by atoms with van der Waals surface area (Å²) in [6.45, 7) is 0. The van der Waals surface area contributed by atoms with Gasteiger partial charge in [0.25, 0.3) is 0 Å². The van der Waals surface area contributed by atoms with Gasteiger partial charge in [-0.1, -0.05) is 28.1 Å². The third-order valence-electron chi connectivity index (χ3n) is 1.64. The van der Waals surface area contributed by atoms with Crippen molar-refractivity contribution in [1.82, 2.24) is 0 Å². The molecule has 0 aromatic heterocycles. The molecule has 0 aliphatic rings. The highest BCUT2D eigenvalue weighted by molar-refractivity contribution is 9.10. The number of rotatable bonds is 3. The SMILES string of the molecule is NC(=O)[C@H](Br)Cc1ccc(F)cc1. The number of amides is 1. The number of carbonyl (C=O) groups is 1. The Morgan fingerprint density at radius 3 is 2.46 bits per heavy atom. The van der Waals surface area contributed by atoms with E-state index in [4.69, 9.17) is 5.73 Å². The summed E-state index contributed by atoms with van der Waals surface area (Å²) in [6, 6.07) is 5.98. The molecule has 0 unspecified atom stereocenters. The number of hydrogen-bond acceptors (Lipinski definition) is 1. The van der Waals surface area contributed by atoms with E-state index < -0.39 is 10.7 Å². The van der Waals surface area contributed by atoms with Gasteiger partial charge in [0.1, 0.15) is 5.82 Å². The molecule has 0 bridgehead atoms. The first-order valence-corrected chi connectivity index (χ1v) is 4.69. The van der Waals surface area contributed by atoms with Gasteiger partial charge < -0.3 is 5.73 Å². The van der Waals surface area contributed by atoms with Crippen LogP contribution in [0.15, 0.2) is 24.3 Å². The Morgan fingerprint density at radius 2 is 2.00 bits per heavy atom. The van der Waals surface area contributed by atoms with E-state index in [9.17, 15) is 9.18 Å². The van der Waals surface area contributed by atoms with Gasteiger partial charge in [0, 0.05) is 0 Å². The number of primary amides is 1. The van der Waals surface area contributed by atoms with E-state index in [1.165, 1.54) is 12.1 Å². The highest BCUT2D eigenvalue weighted by Crippen LogP contribution is 2.10. The lowest BCUT2D eigenvalue weighted by molar-refractivity contribution is -0.117. The molecule has 1 rings (SSSR count). The summed E-state index contributed by atoms with van der Waals surface area (Å²) in [5, 5.41) is 0. The minimum Gasteiger partial charge on any atom is -0.369 e. The fourth-order valence-electron chi connectivity index (χ4n) is 0.928. The smallest absolute Gasteiger partial charge is 0.231 e. The Labute approximate surface area is 84.1 Å². The predicted molar refractivity (Wildman–Crippen MR) is 52.0 cm³/mol. The van der Waals surface area contributed by atoms with Crippen molar-refractivity contribution < 1.29 is 9.18 Å². The molecule has 0 spiro atoms. The van der Waals surface area contributed by atoms with Gasteiger partial charge in [-0.15, -0.1) is 0 Å². The van der Waals surface area contributed by atoms with Crippen molar-refractivity contribution in [1.29, 1.82) is 0 Å². The topological polar surface area (TPSA) is 43.1 Å². The molecule has 0 aliphatic heterocycles. The zero-order valence-electron chi connectivity index (χ0n) is 6.84. The molecule has 4 heteroatoms. The summed E-state index contributed by atoms with van der Waals surface area (Å²) < 4.78 is 12.5. The Bertz CT molecular complexity index is 299. The molecule has 1 aromatic carbocycles. The Kier molecular flexibility index (Phi) is 3.42. The fraction of sp³-hybridized carbons (Fsp3) is 0.222. The van der Waals surface area contributed by atoms with E-state index in [1.54, 1.807) is 12.1 Å². The number of hydrogen-bond donors (Lipinski definition) is 1. The van der Waals surface area contributed by atoms with Crippen LogP contribution in [-0.4, -0.2) is 10.7 Å². The zero-order valence-corrected chi connectivity index (χ0v) is 8.42. The molecule has 1 aromatic rings. The van der Waals surface area contributed by atoms with E-state index in [0.717, 1.165) is 5.56 Å². The third kappa shape index (κ3) is 3.14. The molecule has 0 heterocycles. The summed E-state index contributed by atoms with van der Waals surface area (Å²) in [6.07, 6.45) is 0.482. The van der Waals surface area contributed by atoms with E-state index in [1.807, 2.05) is 0 Å². The monoisotopic (exact) mass is 245 g/mol. The van der Waals surface area contributed by atoms with E-state index in [-0.39, 0.29) is 5.82 Å². The fourth-order valence-corrected chi connectivity index (χ4v) is 1.30. The molecule has 2 nitrogen and oxygen atoms in total. The molecule has 1 atom stereocenters. The summed E-state index contributed by atoms with van der Waals surface area (Å²) in [7, 11) is 0. The van der Waals surface area contributed by atoms with Crippen molar-refractivity contribution in [3.05, 3.63) is 35.6 Å². The lowest BCUT2D eigenvalue weighted by Gasteiger charge is -2.04. The van der Waals surface area contributed by atoms with Gasteiger partial charge in [-0.2, -0.15) is 0 Å². The zero-order chi connectivity index (χ0) is 9.84. The number of carbonyl (C=O) groups excluding carboxylic acids is 1. The van der Waals surface area contributed by atoms with Crippen LogP contribution < -0.4 is 5.73 Å². The molecule has 2 N–H and O–H groups in total. The largest absolute Gasteiger partial charge is 0.369 e. The van der Waals surface area contributed by atoms with Crippen LogP contribution in [0.4, 0.5) is 4.39 Å². The van der Waals surface area contributed by atoms with Gasteiger partial charge in [0.05, 0.1) is 4.83 Å². The number of alkyl halides is 1. The summed E-state index contributed by atoms with van der Waals surface area (Å²) in [5.41, 5.74) is 5.93. The average molecular weight is 246 g/mol.